The maximum absolute atomic E-state index is 10.9. The van der Waals surface area contributed by atoms with Crippen LogP contribution in [0.4, 0.5) is 0 Å². The van der Waals surface area contributed by atoms with Crippen LogP contribution in [0.3, 0.4) is 0 Å². The monoisotopic (exact) mass is 274 g/mol. The van der Waals surface area contributed by atoms with Gasteiger partial charge in [-0.3, -0.25) is 0 Å². The summed E-state index contributed by atoms with van der Waals surface area (Å²) in [5, 5.41) is 18.6. The predicted octanol–water partition coefficient (Wildman–Crippen LogP) is 0.811. The molecule has 0 heterocycles. The highest BCUT2D eigenvalue weighted by Gasteiger charge is 2.20. The standard InChI is InChI=1S/C9H11BrN2O3/c10-5-2-1-4(9(14)15)7(8(5)13)6(12)3-11/h1-2,6,13H,3,11-12H2,(H,14,15)/t6-/m1/s1. The topological polar surface area (TPSA) is 110 Å². The summed E-state index contributed by atoms with van der Waals surface area (Å²) in [4.78, 5) is 10.9. The van der Waals surface area contributed by atoms with E-state index in [1.165, 1.54) is 12.1 Å². The first-order valence-corrected chi connectivity index (χ1v) is 4.98. The van der Waals surface area contributed by atoms with Gasteiger partial charge < -0.3 is 21.7 Å². The maximum atomic E-state index is 10.9. The molecule has 0 saturated carbocycles. The minimum Gasteiger partial charge on any atom is -0.506 e. The third-order valence-electron chi connectivity index (χ3n) is 2.02. The molecular weight excluding hydrogens is 264 g/mol. The van der Waals surface area contributed by atoms with Crippen molar-refractivity contribution in [2.45, 2.75) is 6.04 Å². The summed E-state index contributed by atoms with van der Waals surface area (Å²) in [5.74, 6) is -1.32. The number of phenols is 1. The molecule has 0 aliphatic heterocycles. The Bertz CT molecular complexity index is 395. The number of benzene rings is 1. The largest absolute Gasteiger partial charge is 0.506 e. The highest BCUT2D eigenvalue weighted by atomic mass is 79.9. The zero-order chi connectivity index (χ0) is 11.6. The summed E-state index contributed by atoms with van der Waals surface area (Å²) in [6.07, 6.45) is 0. The molecule has 15 heavy (non-hydrogen) atoms. The molecule has 1 rings (SSSR count). The van der Waals surface area contributed by atoms with E-state index in [1.807, 2.05) is 0 Å². The first-order chi connectivity index (χ1) is 6.99. The summed E-state index contributed by atoms with van der Waals surface area (Å²) < 4.78 is 0.395. The van der Waals surface area contributed by atoms with Gasteiger partial charge >= 0.3 is 5.97 Å². The smallest absolute Gasteiger partial charge is 0.336 e. The Labute approximate surface area is 94.8 Å². The summed E-state index contributed by atoms with van der Waals surface area (Å²) in [6.45, 7) is 0.0598. The Balaban J connectivity index is 3.41. The van der Waals surface area contributed by atoms with Crippen molar-refractivity contribution in [3.63, 3.8) is 0 Å². The molecule has 0 unspecified atom stereocenters. The maximum Gasteiger partial charge on any atom is 0.336 e. The molecule has 0 aliphatic rings. The molecule has 0 fully saturated rings. The van der Waals surface area contributed by atoms with E-state index in [9.17, 15) is 9.90 Å². The summed E-state index contributed by atoms with van der Waals surface area (Å²) in [5.41, 5.74) is 11.1. The van der Waals surface area contributed by atoms with E-state index in [4.69, 9.17) is 16.6 Å². The average Bonchev–Trinajstić information content (AvgIpc) is 2.20. The van der Waals surface area contributed by atoms with Crippen LogP contribution in [0.15, 0.2) is 16.6 Å². The van der Waals surface area contributed by atoms with E-state index in [2.05, 4.69) is 15.9 Å². The molecule has 6 N–H and O–H groups in total. The number of rotatable bonds is 3. The quantitative estimate of drug-likeness (QED) is 0.652. The Morgan fingerprint density at radius 3 is 2.60 bits per heavy atom. The first-order valence-electron chi connectivity index (χ1n) is 4.19. The molecular formula is C9H11BrN2O3. The number of hydrogen-bond donors (Lipinski definition) is 4. The molecule has 0 aromatic heterocycles. The lowest BCUT2D eigenvalue weighted by atomic mass is 10.00. The number of carbonyl (C=O) groups is 1. The zero-order valence-corrected chi connectivity index (χ0v) is 9.36. The Morgan fingerprint density at radius 2 is 2.13 bits per heavy atom. The minimum absolute atomic E-state index is 0.0337. The highest BCUT2D eigenvalue weighted by Crippen LogP contribution is 2.33. The highest BCUT2D eigenvalue weighted by molar-refractivity contribution is 9.10. The summed E-state index contributed by atoms with van der Waals surface area (Å²) in [7, 11) is 0. The molecule has 0 spiro atoms. The normalized spacial score (nSPS) is 12.5. The van der Waals surface area contributed by atoms with E-state index >= 15 is 0 Å². The predicted molar refractivity (Wildman–Crippen MR) is 58.7 cm³/mol. The zero-order valence-electron chi connectivity index (χ0n) is 7.77. The molecule has 1 atom stereocenters. The SMILES string of the molecule is NC[C@@H](N)c1c(C(=O)O)ccc(Br)c1O. The fourth-order valence-electron chi connectivity index (χ4n) is 1.26. The molecule has 5 nitrogen and oxygen atoms in total. The second kappa shape index (κ2) is 4.61. The van der Waals surface area contributed by atoms with Crippen LogP contribution in [0.5, 0.6) is 5.75 Å². The Kier molecular flexibility index (Phi) is 3.67. The van der Waals surface area contributed by atoms with Crippen LogP contribution in [0.2, 0.25) is 0 Å². The van der Waals surface area contributed by atoms with Gasteiger partial charge in [-0.1, -0.05) is 0 Å². The van der Waals surface area contributed by atoms with Crippen LogP contribution in [0.1, 0.15) is 22.0 Å². The molecule has 0 bridgehead atoms. The summed E-state index contributed by atoms with van der Waals surface area (Å²) in [6, 6.07) is 2.12. The minimum atomic E-state index is -1.14. The number of carboxylic acid groups (broad SMARTS) is 1. The number of aromatic carboxylic acids is 1. The number of hydrogen-bond acceptors (Lipinski definition) is 4. The van der Waals surface area contributed by atoms with Crippen molar-refractivity contribution >= 4 is 21.9 Å². The number of phenolic OH excluding ortho intramolecular Hbond substituents is 1. The molecule has 1 aromatic rings. The first kappa shape index (κ1) is 12.0. The lowest BCUT2D eigenvalue weighted by Crippen LogP contribution is -2.23. The molecule has 0 saturated heterocycles. The third-order valence-corrected chi connectivity index (χ3v) is 2.66. The van der Waals surface area contributed by atoms with Crippen LogP contribution in [-0.2, 0) is 0 Å². The van der Waals surface area contributed by atoms with Crippen LogP contribution < -0.4 is 11.5 Å². The van der Waals surface area contributed by atoms with E-state index in [0.29, 0.717) is 4.47 Å². The van der Waals surface area contributed by atoms with Crippen LogP contribution in [0, 0.1) is 0 Å². The van der Waals surface area contributed by atoms with Gasteiger partial charge in [-0.2, -0.15) is 0 Å². The molecule has 1 aromatic carbocycles. The molecule has 6 heteroatoms. The lowest BCUT2D eigenvalue weighted by molar-refractivity contribution is 0.0694. The van der Waals surface area contributed by atoms with Gasteiger partial charge in [-0.25, -0.2) is 4.79 Å². The molecule has 0 aliphatic carbocycles. The fourth-order valence-corrected chi connectivity index (χ4v) is 1.61. The average molecular weight is 275 g/mol. The van der Waals surface area contributed by atoms with Crippen molar-refractivity contribution in [2.75, 3.05) is 6.54 Å². The van der Waals surface area contributed by atoms with Gasteiger partial charge in [0, 0.05) is 18.2 Å². The van der Waals surface area contributed by atoms with Crippen molar-refractivity contribution in [2.24, 2.45) is 11.5 Å². The fraction of sp³-hybridized carbons (Fsp3) is 0.222. The number of halogens is 1. The number of aromatic hydroxyl groups is 1. The van der Waals surface area contributed by atoms with Gasteiger partial charge in [0.15, 0.2) is 0 Å². The van der Waals surface area contributed by atoms with Crippen LogP contribution >= 0.6 is 15.9 Å². The van der Waals surface area contributed by atoms with E-state index in [1.54, 1.807) is 0 Å². The van der Waals surface area contributed by atoms with Gasteiger partial charge in [0.25, 0.3) is 0 Å². The van der Waals surface area contributed by atoms with E-state index in [0.717, 1.165) is 0 Å². The Hall–Kier alpha value is -1.11. The number of carboxylic acids is 1. The molecule has 0 radical (unpaired) electrons. The van der Waals surface area contributed by atoms with Crippen molar-refractivity contribution in [3.8, 4) is 5.75 Å². The Morgan fingerprint density at radius 1 is 1.53 bits per heavy atom. The van der Waals surface area contributed by atoms with Crippen molar-refractivity contribution < 1.29 is 15.0 Å². The van der Waals surface area contributed by atoms with Crippen LogP contribution in [-0.4, -0.2) is 22.7 Å². The third kappa shape index (κ3) is 2.28. The lowest BCUT2D eigenvalue weighted by Gasteiger charge is -2.15. The van der Waals surface area contributed by atoms with E-state index < -0.39 is 12.0 Å². The molecule has 0 amide bonds. The van der Waals surface area contributed by atoms with Gasteiger partial charge in [-0.15, -0.1) is 0 Å². The molecule has 82 valence electrons. The van der Waals surface area contributed by atoms with Crippen molar-refractivity contribution in [1.29, 1.82) is 0 Å². The van der Waals surface area contributed by atoms with Crippen molar-refractivity contribution in [1.82, 2.24) is 0 Å². The van der Waals surface area contributed by atoms with Gasteiger partial charge in [0.05, 0.1) is 10.0 Å². The van der Waals surface area contributed by atoms with Gasteiger partial charge in [0.2, 0.25) is 0 Å². The second-order valence-corrected chi connectivity index (χ2v) is 3.86. The van der Waals surface area contributed by atoms with E-state index in [-0.39, 0.29) is 23.4 Å². The number of nitrogens with two attached hydrogens (primary N) is 2. The second-order valence-electron chi connectivity index (χ2n) is 3.00. The van der Waals surface area contributed by atoms with Crippen LogP contribution in [0.25, 0.3) is 0 Å². The van der Waals surface area contributed by atoms with Gasteiger partial charge in [-0.05, 0) is 28.1 Å². The van der Waals surface area contributed by atoms with Crippen molar-refractivity contribution in [3.05, 3.63) is 27.7 Å². The summed E-state index contributed by atoms with van der Waals surface area (Å²) >= 11 is 3.09. The van der Waals surface area contributed by atoms with Gasteiger partial charge in [0.1, 0.15) is 5.75 Å².